The van der Waals surface area contributed by atoms with Crippen LogP contribution in [0.5, 0.6) is 0 Å². The zero-order valence-corrected chi connectivity index (χ0v) is 15.1. The summed E-state index contributed by atoms with van der Waals surface area (Å²) in [5, 5.41) is 5.98. The van der Waals surface area contributed by atoms with Crippen molar-refractivity contribution in [2.75, 3.05) is 18.5 Å². The SMILES string of the molecule is CCCNS(=O)(=O)c1cccc(C(=O)OCC(=O)Nc2cc(C)on2)c1. The molecule has 2 rings (SSSR count). The van der Waals surface area contributed by atoms with Gasteiger partial charge in [-0.3, -0.25) is 4.79 Å². The maximum atomic E-state index is 12.1. The summed E-state index contributed by atoms with van der Waals surface area (Å²) >= 11 is 0. The Bertz CT molecular complexity index is 891. The van der Waals surface area contributed by atoms with Gasteiger partial charge in [0.05, 0.1) is 10.5 Å². The van der Waals surface area contributed by atoms with E-state index in [0.717, 1.165) is 0 Å². The van der Waals surface area contributed by atoms with E-state index in [2.05, 4.69) is 15.2 Å². The average molecular weight is 381 g/mol. The van der Waals surface area contributed by atoms with E-state index in [1.807, 2.05) is 6.92 Å². The molecule has 2 aromatic rings. The Hall–Kier alpha value is -2.72. The summed E-state index contributed by atoms with van der Waals surface area (Å²) in [7, 11) is -3.70. The molecule has 0 radical (unpaired) electrons. The van der Waals surface area contributed by atoms with Gasteiger partial charge < -0.3 is 14.6 Å². The van der Waals surface area contributed by atoms with Crippen LogP contribution in [-0.4, -0.2) is 38.6 Å². The van der Waals surface area contributed by atoms with Gasteiger partial charge in [0.15, 0.2) is 12.4 Å². The maximum Gasteiger partial charge on any atom is 0.338 e. The third-order valence-electron chi connectivity index (χ3n) is 3.15. The summed E-state index contributed by atoms with van der Waals surface area (Å²) in [4.78, 5) is 23.7. The standard InChI is InChI=1S/C16H19N3O6S/c1-3-7-17-26(22,23)13-6-4-5-12(9-13)16(21)24-10-15(20)18-14-8-11(2)25-19-14/h4-6,8-9,17H,3,7,10H2,1-2H3,(H,18,19,20). The first kappa shape index (κ1) is 19.6. The van der Waals surface area contributed by atoms with Crippen molar-refractivity contribution < 1.29 is 27.3 Å². The predicted molar refractivity (Wildman–Crippen MR) is 92.1 cm³/mol. The minimum Gasteiger partial charge on any atom is -0.452 e. The fraction of sp³-hybridized carbons (Fsp3) is 0.312. The number of anilines is 1. The first-order chi connectivity index (χ1) is 12.3. The lowest BCUT2D eigenvalue weighted by molar-refractivity contribution is -0.119. The van der Waals surface area contributed by atoms with Crippen molar-refractivity contribution in [3.05, 3.63) is 41.7 Å². The summed E-state index contributed by atoms with van der Waals surface area (Å²) < 4.78 is 36.3. The summed E-state index contributed by atoms with van der Waals surface area (Å²) in [5.41, 5.74) is 0.0226. The van der Waals surface area contributed by atoms with Gasteiger partial charge in [0.1, 0.15) is 5.76 Å². The van der Waals surface area contributed by atoms with Crippen molar-refractivity contribution in [3.8, 4) is 0 Å². The number of sulfonamides is 1. The lowest BCUT2D eigenvalue weighted by Crippen LogP contribution is -2.25. The van der Waals surface area contributed by atoms with Crippen molar-refractivity contribution >= 4 is 27.7 Å². The van der Waals surface area contributed by atoms with E-state index in [9.17, 15) is 18.0 Å². The number of esters is 1. The first-order valence-electron chi connectivity index (χ1n) is 7.82. The summed E-state index contributed by atoms with van der Waals surface area (Å²) in [6.45, 7) is 3.25. The number of ether oxygens (including phenoxy) is 1. The van der Waals surface area contributed by atoms with Crippen molar-refractivity contribution in [3.63, 3.8) is 0 Å². The average Bonchev–Trinajstić information content (AvgIpc) is 3.02. The zero-order valence-electron chi connectivity index (χ0n) is 14.3. The molecule has 1 heterocycles. The number of nitrogens with one attached hydrogen (secondary N) is 2. The lowest BCUT2D eigenvalue weighted by Gasteiger charge is -2.08. The molecule has 1 aromatic heterocycles. The second-order valence-electron chi connectivity index (χ2n) is 5.37. The largest absolute Gasteiger partial charge is 0.452 e. The molecular weight excluding hydrogens is 362 g/mol. The number of rotatable bonds is 8. The molecule has 0 atom stereocenters. The lowest BCUT2D eigenvalue weighted by atomic mass is 10.2. The van der Waals surface area contributed by atoms with Crippen LogP contribution in [0.25, 0.3) is 0 Å². The maximum absolute atomic E-state index is 12.1. The molecule has 0 unspecified atom stereocenters. The molecule has 0 saturated heterocycles. The van der Waals surface area contributed by atoms with Crippen LogP contribution in [0.3, 0.4) is 0 Å². The van der Waals surface area contributed by atoms with E-state index in [1.54, 1.807) is 6.92 Å². The Kier molecular flexibility index (Phi) is 6.47. The quantitative estimate of drug-likeness (QED) is 0.663. The number of amides is 1. The van der Waals surface area contributed by atoms with Gasteiger partial charge in [0, 0.05) is 12.6 Å². The number of hydrogen-bond donors (Lipinski definition) is 2. The van der Waals surface area contributed by atoms with Crippen LogP contribution in [0.4, 0.5) is 5.82 Å². The van der Waals surface area contributed by atoms with Crippen LogP contribution in [0.1, 0.15) is 29.5 Å². The molecule has 0 spiro atoms. The van der Waals surface area contributed by atoms with Crippen molar-refractivity contribution in [2.24, 2.45) is 0 Å². The van der Waals surface area contributed by atoms with Crippen LogP contribution in [0.2, 0.25) is 0 Å². The predicted octanol–water partition coefficient (Wildman–Crippen LogP) is 1.47. The van der Waals surface area contributed by atoms with Gasteiger partial charge in [-0.05, 0) is 31.5 Å². The summed E-state index contributed by atoms with van der Waals surface area (Å²) in [5.74, 6) is -0.685. The van der Waals surface area contributed by atoms with Gasteiger partial charge in [-0.15, -0.1) is 0 Å². The topological polar surface area (TPSA) is 128 Å². The normalized spacial score (nSPS) is 11.2. The summed E-state index contributed by atoms with van der Waals surface area (Å²) in [6, 6.07) is 6.90. The Morgan fingerprint density at radius 2 is 2.04 bits per heavy atom. The van der Waals surface area contributed by atoms with E-state index >= 15 is 0 Å². The molecule has 9 nitrogen and oxygen atoms in total. The molecule has 140 valence electrons. The van der Waals surface area contributed by atoms with Crippen LogP contribution < -0.4 is 10.0 Å². The van der Waals surface area contributed by atoms with Crippen LogP contribution in [-0.2, 0) is 19.6 Å². The Labute approximate surface area is 150 Å². The van der Waals surface area contributed by atoms with Crippen LogP contribution >= 0.6 is 0 Å². The van der Waals surface area contributed by atoms with Crippen molar-refractivity contribution in [1.82, 2.24) is 9.88 Å². The molecule has 0 aliphatic rings. The number of nitrogens with zero attached hydrogens (tertiary/aromatic N) is 1. The molecule has 0 bridgehead atoms. The monoisotopic (exact) mass is 381 g/mol. The molecule has 0 aliphatic carbocycles. The molecule has 0 aliphatic heterocycles. The van der Waals surface area contributed by atoms with Crippen LogP contribution in [0, 0.1) is 6.92 Å². The van der Waals surface area contributed by atoms with E-state index in [1.165, 1.54) is 30.3 Å². The highest BCUT2D eigenvalue weighted by Crippen LogP contribution is 2.13. The minimum absolute atomic E-state index is 0.0226. The van der Waals surface area contributed by atoms with Gasteiger partial charge in [-0.2, -0.15) is 0 Å². The molecule has 0 saturated carbocycles. The molecular formula is C16H19N3O6S. The fourth-order valence-electron chi connectivity index (χ4n) is 1.93. The third kappa shape index (κ3) is 5.39. The Morgan fingerprint density at radius 3 is 2.69 bits per heavy atom. The van der Waals surface area contributed by atoms with Gasteiger partial charge in [-0.1, -0.05) is 18.1 Å². The van der Waals surface area contributed by atoms with Gasteiger partial charge in [-0.25, -0.2) is 17.9 Å². The highest BCUT2D eigenvalue weighted by atomic mass is 32.2. The van der Waals surface area contributed by atoms with Crippen molar-refractivity contribution in [2.45, 2.75) is 25.2 Å². The number of carbonyl (C=O) groups excluding carboxylic acids is 2. The molecule has 1 aromatic carbocycles. The second kappa shape index (κ2) is 8.59. The van der Waals surface area contributed by atoms with Gasteiger partial charge in [0.2, 0.25) is 10.0 Å². The van der Waals surface area contributed by atoms with E-state index in [0.29, 0.717) is 18.7 Å². The van der Waals surface area contributed by atoms with E-state index < -0.39 is 28.5 Å². The van der Waals surface area contributed by atoms with Gasteiger partial charge >= 0.3 is 5.97 Å². The molecule has 1 amide bonds. The third-order valence-corrected chi connectivity index (χ3v) is 4.61. The van der Waals surface area contributed by atoms with Crippen LogP contribution in [0.15, 0.2) is 39.8 Å². The number of aromatic nitrogens is 1. The van der Waals surface area contributed by atoms with Crippen molar-refractivity contribution in [1.29, 1.82) is 0 Å². The first-order valence-corrected chi connectivity index (χ1v) is 9.30. The number of benzene rings is 1. The Morgan fingerprint density at radius 1 is 1.27 bits per heavy atom. The molecule has 2 N–H and O–H groups in total. The smallest absolute Gasteiger partial charge is 0.338 e. The Balaban J connectivity index is 1.97. The fourth-order valence-corrected chi connectivity index (χ4v) is 3.11. The zero-order chi connectivity index (χ0) is 19.2. The molecule has 26 heavy (non-hydrogen) atoms. The van der Waals surface area contributed by atoms with Gasteiger partial charge in [0.25, 0.3) is 5.91 Å². The summed E-state index contributed by atoms with van der Waals surface area (Å²) in [6.07, 6.45) is 0.640. The molecule has 10 heteroatoms. The highest BCUT2D eigenvalue weighted by molar-refractivity contribution is 7.89. The minimum atomic E-state index is -3.70. The number of aryl methyl sites for hydroxylation is 1. The molecule has 0 fully saturated rings. The highest BCUT2D eigenvalue weighted by Gasteiger charge is 2.17. The number of hydrogen-bond acceptors (Lipinski definition) is 7. The second-order valence-corrected chi connectivity index (χ2v) is 7.14. The van der Waals surface area contributed by atoms with E-state index in [-0.39, 0.29) is 16.3 Å². The number of carbonyl (C=O) groups is 2. The van der Waals surface area contributed by atoms with E-state index in [4.69, 9.17) is 9.26 Å².